The van der Waals surface area contributed by atoms with Gasteiger partial charge >= 0.3 is 0 Å². The first-order chi connectivity index (χ1) is 13.0. The number of nitrogens with one attached hydrogen (secondary N) is 2. The Labute approximate surface area is 161 Å². The number of halogens is 2. The van der Waals surface area contributed by atoms with Crippen LogP contribution in [0.1, 0.15) is 15.9 Å². The molecule has 0 fully saturated rings. The minimum Gasteiger partial charge on any atom is -0.497 e. The minimum absolute atomic E-state index is 0.0518. The lowest BCUT2D eigenvalue weighted by Gasteiger charge is -2.08. The van der Waals surface area contributed by atoms with Crippen molar-refractivity contribution in [2.75, 3.05) is 17.7 Å². The van der Waals surface area contributed by atoms with Crippen LogP contribution in [0.2, 0.25) is 5.02 Å². The third-order valence-corrected chi connectivity index (χ3v) is 4.13. The molecule has 3 rings (SSSR count). The van der Waals surface area contributed by atoms with Crippen LogP contribution in [-0.2, 0) is 6.54 Å². The highest BCUT2D eigenvalue weighted by Gasteiger charge is 2.08. The van der Waals surface area contributed by atoms with Gasteiger partial charge < -0.3 is 15.4 Å². The topological polar surface area (TPSA) is 63.2 Å². The van der Waals surface area contributed by atoms with Crippen LogP contribution in [0.4, 0.5) is 15.9 Å². The normalized spacial score (nSPS) is 10.3. The number of rotatable bonds is 6. The van der Waals surface area contributed by atoms with Crippen molar-refractivity contribution in [2.24, 2.45) is 0 Å². The quantitative estimate of drug-likeness (QED) is 0.643. The summed E-state index contributed by atoms with van der Waals surface area (Å²) in [6.07, 6.45) is 1.47. The van der Waals surface area contributed by atoms with Gasteiger partial charge in [-0.3, -0.25) is 4.79 Å². The van der Waals surface area contributed by atoms with E-state index in [1.54, 1.807) is 19.2 Å². The fraction of sp³-hybridized carbons (Fsp3) is 0.100. The summed E-state index contributed by atoms with van der Waals surface area (Å²) in [5, 5.41) is 5.79. The number of anilines is 2. The van der Waals surface area contributed by atoms with E-state index in [9.17, 15) is 9.18 Å². The third kappa shape index (κ3) is 4.95. The van der Waals surface area contributed by atoms with Crippen LogP contribution in [0.25, 0.3) is 0 Å². The van der Waals surface area contributed by atoms with E-state index < -0.39 is 5.82 Å². The molecule has 0 bridgehead atoms. The van der Waals surface area contributed by atoms with Crippen LogP contribution in [0, 0.1) is 5.82 Å². The second-order valence-electron chi connectivity index (χ2n) is 5.72. The zero-order valence-electron chi connectivity index (χ0n) is 14.5. The highest BCUT2D eigenvalue weighted by atomic mass is 35.5. The molecule has 7 heteroatoms. The maximum atomic E-state index is 13.2. The van der Waals surface area contributed by atoms with Crippen molar-refractivity contribution in [1.29, 1.82) is 0 Å². The Hall–Kier alpha value is -3.12. The number of pyridine rings is 1. The summed E-state index contributed by atoms with van der Waals surface area (Å²) in [5.41, 5.74) is 1.87. The van der Waals surface area contributed by atoms with Crippen LogP contribution in [0.15, 0.2) is 60.8 Å². The van der Waals surface area contributed by atoms with Gasteiger partial charge in [0.2, 0.25) is 0 Å². The Morgan fingerprint density at radius 1 is 1.15 bits per heavy atom. The molecule has 0 aliphatic carbocycles. The van der Waals surface area contributed by atoms with Gasteiger partial charge in [-0.15, -0.1) is 0 Å². The number of carbonyl (C=O) groups is 1. The number of hydrogen-bond donors (Lipinski definition) is 2. The number of aromatic nitrogens is 1. The summed E-state index contributed by atoms with van der Waals surface area (Å²) in [5.74, 6) is 0.553. The Morgan fingerprint density at radius 3 is 2.56 bits per heavy atom. The van der Waals surface area contributed by atoms with E-state index in [1.807, 2.05) is 24.3 Å². The predicted octanol–water partition coefficient (Wildman–Crippen LogP) is 4.75. The number of hydrogen-bond acceptors (Lipinski definition) is 4. The second-order valence-corrected chi connectivity index (χ2v) is 6.12. The first-order valence-corrected chi connectivity index (χ1v) is 8.52. The number of ether oxygens (including phenoxy) is 1. The van der Waals surface area contributed by atoms with Crippen molar-refractivity contribution < 1.29 is 13.9 Å². The van der Waals surface area contributed by atoms with Gasteiger partial charge in [0, 0.05) is 18.4 Å². The Balaban J connectivity index is 1.58. The highest BCUT2D eigenvalue weighted by molar-refractivity contribution is 6.31. The standard InChI is InChI=1S/C20H17ClFN3O2/c1-27-16-6-2-13(3-7-16)11-23-19-9-4-14(12-24-19)20(26)25-15-5-8-18(22)17(21)10-15/h2-10,12H,11H2,1H3,(H,23,24)(H,25,26). The fourth-order valence-electron chi connectivity index (χ4n) is 2.35. The number of methoxy groups -OCH3 is 1. The van der Waals surface area contributed by atoms with E-state index in [0.29, 0.717) is 23.6 Å². The summed E-state index contributed by atoms with van der Waals surface area (Å²) in [4.78, 5) is 16.5. The minimum atomic E-state index is -0.538. The lowest BCUT2D eigenvalue weighted by Crippen LogP contribution is -2.12. The number of nitrogens with zero attached hydrogens (tertiary/aromatic N) is 1. The molecule has 1 amide bonds. The number of carbonyl (C=O) groups excluding carboxylic acids is 1. The molecule has 138 valence electrons. The summed E-state index contributed by atoms with van der Waals surface area (Å²) < 4.78 is 18.3. The van der Waals surface area contributed by atoms with Crippen molar-refractivity contribution in [3.63, 3.8) is 0 Å². The van der Waals surface area contributed by atoms with Crippen molar-refractivity contribution in [1.82, 2.24) is 4.98 Å². The molecule has 0 spiro atoms. The summed E-state index contributed by atoms with van der Waals surface area (Å²) >= 11 is 5.71. The predicted molar refractivity (Wildman–Crippen MR) is 104 cm³/mol. The van der Waals surface area contributed by atoms with Gasteiger partial charge in [0.05, 0.1) is 17.7 Å². The lowest BCUT2D eigenvalue weighted by atomic mass is 10.2. The SMILES string of the molecule is COc1ccc(CNc2ccc(C(=O)Nc3ccc(F)c(Cl)c3)cn2)cc1. The first-order valence-electron chi connectivity index (χ1n) is 8.14. The molecule has 0 saturated heterocycles. The van der Waals surface area contributed by atoms with Gasteiger partial charge in [-0.1, -0.05) is 23.7 Å². The maximum absolute atomic E-state index is 13.2. The molecule has 0 unspecified atom stereocenters. The molecule has 0 aliphatic rings. The van der Waals surface area contributed by atoms with Gasteiger partial charge in [-0.2, -0.15) is 0 Å². The molecule has 0 aliphatic heterocycles. The summed E-state index contributed by atoms with van der Waals surface area (Å²) in [6, 6.07) is 15.1. The molecular weight excluding hydrogens is 369 g/mol. The molecule has 0 atom stereocenters. The van der Waals surface area contributed by atoms with E-state index in [0.717, 1.165) is 11.3 Å². The molecule has 5 nitrogen and oxygen atoms in total. The van der Waals surface area contributed by atoms with Crippen LogP contribution >= 0.6 is 11.6 Å². The Morgan fingerprint density at radius 2 is 1.93 bits per heavy atom. The van der Waals surface area contributed by atoms with E-state index in [-0.39, 0.29) is 10.9 Å². The van der Waals surface area contributed by atoms with E-state index in [2.05, 4.69) is 15.6 Å². The largest absolute Gasteiger partial charge is 0.497 e. The van der Waals surface area contributed by atoms with Crippen molar-refractivity contribution in [3.8, 4) is 5.75 Å². The van der Waals surface area contributed by atoms with Gasteiger partial charge in [-0.05, 0) is 48.0 Å². The molecule has 27 heavy (non-hydrogen) atoms. The van der Waals surface area contributed by atoms with Gasteiger partial charge in [0.1, 0.15) is 17.4 Å². The van der Waals surface area contributed by atoms with Crippen molar-refractivity contribution in [3.05, 3.63) is 82.8 Å². The Bertz CT molecular complexity index is 931. The Kier molecular flexibility index (Phi) is 5.88. The molecule has 1 heterocycles. The second kappa shape index (κ2) is 8.51. The van der Waals surface area contributed by atoms with E-state index in [4.69, 9.17) is 16.3 Å². The molecule has 2 N–H and O–H groups in total. The van der Waals surface area contributed by atoms with Crippen LogP contribution in [-0.4, -0.2) is 18.0 Å². The third-order valence-electron chi connectivity index (χ3n) is 3.84. The van der Waals surface area contributed by atoms with Crippen LogP contribution < -0.4 is 15.4 Å². The average molecular weight is 386 g/mol. The van der Waals surface area contributed by atoms with Crippen LogP contribution in [0.5, 0.6) is 5.75 Å². The van der Waals surface area contributed by atoms with Gasteiger partial charge in [0.25, 0.3) is 5.91 Å². The maximum Gasteiger partial charge on any atom is 0.257 e. The smallest absolute Gasteiger partial charge is 0.257 e. The molecular formula is C20H17ClFN3O2. The monoisotopic (exact) mass is 385 g/mol. The average Bonchev–Trinajstić information content (AvgIpc) is 2.70. The zero-order chi connectivity index (χ0) is 19.2. The summed E-state index contributed by atoms with van der Waals surface area (Å²) in [7, 11) is 1.62. The molecule has 1 aromatic heterocycles. The summed E-state index contributed by atoms with van der Waals surface area (Å²) in [6.45, 7) is 0.594. The van der Waals surface area contributed by atoms with Crippen LogP contribution in [0.3, 0.4) is 0 Å². The fourth-order valence-corrected chi connectivity index (χ4v) is 2.53. The highest BCUT2D eigenvalue weighted by Crippen LogP contribution is 2.20. The number of amides is 1. The molecule has 0 saturated carbocycles. The van der Waals surface area contributed by atoms with Gasteiger partial charge in [-0.25, -0.2) is 9.37 Å². The van der Waals surface area contributed by atoms with Crippen molar-refractivity contribution >= 4 is 29.0 Å². The lowest BCUT2D eigenvalue weighted by molar-refractivity contribution is 0.102. The molecule has 3 aromatic rings. The number of benzene rings is 2. The van der Waals surface area contributed by atoms with Gasteiger partial charge in [0.15, 0.2) is 0 Å². The molecule has 2 aromatic carbocycles. The zero-order valence-corrected chi connectivity index (χ0v) is 15.3. The van der Waals surface area contributed by atoms with E-state index >= 15 is 0 Å². The molecule has 0 radical (unpaired) electrons. The first kappa shape index (κ1) is 18.7. The van der Waals surface area contributed by atoms with Crippen molar-refractivity contribution in [2.45, 2.75) is 6.54 Å². The van der Waals surface area contributed by atoms with E-state index in [1.165, 1.54) is 24.4 Å².